The first-order valence-electron chi connectivity index (χ1n) is 10.8. The van der Waals surface area contributed by atoms with Gasteiger partial charge in [0, 0.05) is 31.3 Å². The fourth-order valence-corrected chi connectivity index (χ4v) is 5.24. The number of hydrogen-bond acceptors (Lipinski definition) is 2. The van der Waals surface area contributed by atoms with Gasteiger partial charge in [0.25, 0.3) is 5.91 Å². The van der Waals surface area contributed by atoms with Crippen LogP contribution in [0.4, 0.5) is 49.6 Å². The number of halogens is 13. The summed E-state index contributed by atoms with van der Waals surface area (Å²) in [5.74, 6) is -1.72. The Morgan fingerprint density at radius 2 is 1.46 bits per heavy atom. The summed E-state index contributed by atoms with van der Waals surface area (Å²) in [5, 5.41) is 2.53. The van der Waals surface area contributed by atoms with Crippen LogP contribution in [-0.4, -0.2) is 24.0 Å². The number of rotatable bonds is 6. The lowest BCUT2D eigenvalue weighted by molar-refractivity contribution is -0.348. The molecule has 0 aliphatic heterocycles. The van der Waals surface area contributed by atoms with Crippen molar-refractivity contribution < 1.29 is 53.5 Å². The number of nitrogens with one attached hydrogen (secondary N) is 1. The molecule has 0 unspecified atom stereocenters. The van der Waals surface area contributed by atoms with Gasteiger partial charge in [-0.2, -0.15) is 39.5 Å². The molecule has 0 bridgehead atoms. The van der Waals surface area contributed by atoms with Gasteiger partial charge in [0.15, 0.2) is 5.78 Å². The zero-order valence-electron chi connectivity index (χ0n) is 19.6. The molecule has 0 saturated carbocycles. The standard InChI is InChI=1S/C25H12BrClF10INO2/c26-13-4-5-15(18(27)9-13)21(41)39-14-3-1-2-11(6-14)20(40)10-16-17(23(29,30)31)7-12(8-19(16)38)22(28,24(32,33)34)25(35,36)37/h1-9H,10H2,(H,39,41). The van der Waals surface area contributed by atoms with Crippen molar-refractivity contribution in [3.63, 3.8) is 0 Å². The zero-order valence-corrected chi connectivity index (χ0v) is 24.1. The molecule has 3 rings (SSSR count). The highest BCUT2D eigenvalue weighted by Crippen LogP contribution is 2.54. The molecule has 0 aliphatic rings. The van der Waals surface area contributed by atoms with E-state index in [4.69, 9.17) is 11.6 Å². The monoisotopic (exact) mass is 789 g/mol. The average Bonchev–Trinajstić information content (AvgIpc) is 2.82. The van der Waals surface area contributed by atoms with E-state index in [1.807, 2.05) is 0 Å². The molecule has 3 aromatic carbocycles. The van der Waals surface area contributed by atoms with Gasteiger partial charge in [0.05, 0.1) is 16.1 Å². The number of Topliss-reactive ketones (excluding diaryl/α,β-unsaturated/α-hetero) is 1. The molecule has 0 atom stereocenters. The van der Waals surface area contributed by atoms with Gasteiger partial charge in [-0.05, 0) is 70.6 Å². The molecule has 0 fully saturated rings. The molecule has 0 aromatic heterocycles. The number of anilines is 1. The van der Waals surface area contributed by atoms with Crippen LogP contribution in [0.5, 0.6) is 0 Å². The molecule has 0 heterocycles. The van der Waals surface area contributed by atoms with E-state index in [0.29, 0.717) is 4.47 Å². The third kappa shape index (κ3) is 6.98. The van der Waals surface area contributed by atoms with Crippen molar-refractivity contribution in [2.24, 2.45) is 0 Å². The fraction of sp³-hybridized carbons (Fsp3) is 0.200. The first kappa shape index (κ1) is 33.1. The second kappa shape index (κ2) is 11.7. The molecule has 16 heteroatoms. The summed E-state index contributed by atoms with van der Waals surface area (Å²) in [6.07, 6.45) is -20.0. The van der Waals surface area contributed by atoms with Gasteiger partial charge in [-0.15, -0.1) is 0 Å². The van der Waals surface area contributed by atoms with Gasteiger partial charge >= 0.3 is 24.2 Å². The SMILES string of the molecule is O=C(Cc1c(I)cc(C(F)(C(F)(F)F)C(F)(F)F)cc1C(F)(F)F)c1cccc(NC(=O)c2ccc(Br)cc2Cl)c1. The predicted molar refractivity (Wildman–Crippen MR) is 141 cm³/mol. The van der Waals surface area contributed by atoms with Crippen LogP contribution in [0.25, 0.3) is 0 Å². The van der Waals surface area contributed by atoms with Crippen molar-refractivity contribution in [2.75, 3.05) is 5.32 Å². The maximum atomic E-state index is 14.5. The Labute approximate surface area is 251 Å². The molecule has 0 saturated heterocycles. The lowest BCUT2D eigenvalue weighted by Crippen LogP contribution is -2.50. The van der Waals surface area contributed by atoms with E-state index in [-0.39, 0.29) is 27.9 Å². The van der Waals surface area contributed by atoms with Crippen molar-refractivity contribution in [3.8, 4) is 0 Å². The summed E-state index contributed by atoms with van der Waals surface area (Å²) in [6.45, 7) is 0. The van der Waals surface area contributed by atoms with Crippen molar-refractivity contribution in [1.29, 1.82) is 0 Å². The van der Waals surface area contributed by atoms with E-state index in [1.165, 1.54) is 36.4 Å². The minimum atomic E-state index is -6.64. The molecule has 0 spiro atoms. The van der Waals surface area contributed by atoms with Crippen molar-refractivity contribution >= 4 is 67.5 Å². The molecule has 220 valence electrons. The number of hydrogen-bond donors (Lipinski definition) is 1. The van der Waals surface area contributed by atoms with Crippen LogP contribution < -0.4 is 5.32 Å². The lowest BCUT2D eigenvalue weighted by Gasteiger charge is -2.31. The van der Waals surface area contributed by atoms with Crippen molar-refractivity contribution in [3.05, 3.63) is 95.5 Å². The Balaban J connectivity index is 1.99. The molecule has 1 amide bonds. The number of carbonyl (C=O) groups excluding carboxylic acids is 2. The third-order valence-electron chi connectivity index (χ3n) is 5.64. The Morgan fingerprint density at radius 3 is 2.00 bits per heavy atom. The van der Waals surface area contributed by atoms with Gasteiger partial charge in [-0.1, -0.05) is 39.7 Å². The van der Waals surface area contributed by atoms with Crippen molar-refractivity contribution in [1.82, 2.24) is 0 Å². The predicted octanol–water partition coefficient (Wildman–Crippen LogP) is 9.69. The number of benzene rings is 3. The number of ketones is 1. The van der Waals surface area contributed by atoms with Gasteiger partial charge in [-0.25, -0.2) is 4.39 Å². The number of amides is 1. The second-order valence-corrected chi connectivity index (χ2v) is 10.9. The maximum absolute atomic E-state index is 14.5. The Morgan fingerprint density at radius 1 is 0.854 bits per heavy atom. The largest absolute Gasteiger partial charge is 0.435 e. The Kier molecular flexibility index (Phi) is 9.45. The third-order valence-corrected chi connectivity index (χ3v) is 7.40. The highest BCUT2D eigenvalue weighted by atomic mass is 127. The van der Waals surface area contributed by atoms with E-state index in [9.17, 15) is 53.5 Å². The van der Waals surface area contributed by atoms with Gasteiger partial charge in [0.2, 0.25) is 0 Å². The summed E-state index contributed by atoms with van der Waals surface area (Å²) in [4.78, 5) is 25.5. The molecule has 0 aliphatic carbocycles. The molecular formula is C25H12BrClF10INO2. The highest BCUT2D eigenvalue weighted by molar-refractivity contribution is 14.1. The first-order chi connectivity index (χ1) is 18.7. The molecule has 3 nitrogen and oxygen atoms in total. The summed E-state index contributed by atoms with van der Waals surface area (Å²) < 4.78 is 135. The van der Waals surface area contributed by atoms with E-state index in [2.05, 4.69) is 21.2 Å². The zero-order chi connectivity index (χ0) is 31.1. The average molecular weight is 791 g/mol. The van der Waals surface area contributed by atoms with E-state index >= 15 is 0 Å². The van der Waals surface area contributed by atoms with E-state index in [1.54, 1.807) is 0 Å². The van der Waals surface area contributed by atoms with Crippen LogP contribution >= 0.6 is 50.1 Å². The van der Waals surface area contributed by atoms with E-state index in [0.717, 1.165) is 28.7 Å². The van der Waals surface area contributed by atoms with Crippen molar-refractivity contribution in [2.45, 2.75) is 30.6 Å². The molecule has 0 radical (unpaired) electrons. The summed E-state index contributed by atoms with van der Waals surface area (Å²) in [7, 11) is 0. The minimum Gasteiger partial charge on any atom is -0.322 e. The van der Waals surface area contributed by atoms with Crippen LogP contribution in [0.2, 0.25) is 5.02 Å². The minimum absolute atomic E-state index is 0.0264. The summed E-state index contributed by atoms with van der Waals surface area (Å²) in [6, 6.07) is 8.62. The fourth-order valence-electron chi connectivity index (χ4n) is 3.66. The first-order valence-corrected chi connectivity index (χ1v) is 13.0. The molecule has 3 aromatic rings. The molecule has 41 heavy (non-hydrogen) atoms. The van der Waals surface area contributed by atoms with Crippen LogP contribution in [0.1, 0.15) is 37.4 Å². The quantitative estimate of drug-likeness (QED) is 0.154. The Hall–Kier alpha value is -2.40. The topological polar surface area (TPSA) is 46.2 Å². The number of alkyl halides is 10. The Bertz CT molecular complexity index is 1490. The molecule has 1 N–H and O–H groups in total. The normalized spacial score (nSPS) is 12.8. The highest BCUT2D eigenvalue weighted by Gasteiger charge is 2.73. The van der Waals surface area contributed by atoms with E-state index < -0.39 is 68.6 Å². The number of carbonyl (C=O) groups is 2. The van der Waals surface area contributed by atoms with Crippen LogP contribution in [-0.2, 0) is 18.3 Å². The second-order valence-electron chi connectivity index (χ2n) is 8.39. The van der Waals surface area contributed by atoms with Gasteiger partial charge in [-0.3, -0.25) is 9.59 Å². The van der Waals surface area contributed by atoms with Gasteiger partial charge < -0.3 is 5.32 Å². The smallest absolute Gasteiger partial charge is 0.322 e. The molecular weight excluding hydrogens is 779 g/mol. The van der Waals surface area contributed by atoms with Crippen LogP contribution in [0, 0.1) is 3.57 Å². The summed E-state index contributed by atoms with van der Waals surface area (Å²) in [5.41, 5.74) is -11.6. The maximum Gasteiger partial charge on any atom is 0.435 e. The van der Waals surface area contributed by atoms with Crippen LogP contribution in [0.15, 0.2) is 59.1 Å². The van der Waals surface area contributed by atoms with Gasteiger partial charge in [0.1, 0.15) is 0 Å². The summed E-state index contributed by atoms with van der Waals surface area (Å²) >= 11 is 10.2. The van der Waals surface area contributed by atoms with Crippen LogP contribution in [0.3, 0.4) is 0 Å². The lowest BCUT2D eigenvalue weighted by atomic mass is 9.89.